The van der Waals surface area contributed by atoms with Gasteiger partial charge in [-0.3, -0.25) is 28.8 Å². The second-order valence-electron chi connectivity index (χ2n) is 4.52. The summed E-state index contributed by atoms with van der Waals surface area (Å²) in [5, 5.41) is 8.81. The van der Waals surface area contributed by atoms with Gasteiger partial charge in [0, 0.05) is 13.1 Å². The molecular weight excluding hydrogens is 294 g/mol. The van der Waals surface area contributed by atoms with E-state index in [1.165, 1.54) is 4.90 Å². The fraction of sp³-hybridized carbons (Fsp3) is 0.364. The summed E-state index contributed by atoms with van der Waals surface area (Å²) in [7, 11) is 0. The molecule has 0 aliphatic heterocycles. The molecule has 0 aromatic carbocycles. The van der Waals surface area contributed by atoms with Gasteiger partial charge in [0.05, 0.1) is 13.1 Å². The Morgan fingerprint density at radius 2 is 2.14 bits per heavy atom. The Kier molecular flexibility index (Phi) is 4.48. The van der Waals surface area contributed by atoms with Gasteiger partial charge in [-0.25, -0.2) is 4.98 Å². The van der Waals surface area contributed by atoms with E-state index in [0.29, 0.717) is 0 Å². The Balaban J connectivity index is 2.29. The summed E-state index contributed by atoms with van der Waals surface area (Å²) >= 11 is 0. The number of nitrogens with one attached hydrogen (secondary N) is 1. The summed E-state index contributed by atoms with van der Waals surface area (Å²) in [6.07, 6.45) is 1.15. The molecule has 118 valence electrons. The third kappa shape index (κ3) is 3.27. The molecule has 0 saturated heterocycles. The molecule has 22 heavy (non-hydrogen) atoms. The number of fused-ring (bicyclic) bond motifs is 1. The van der Waals surface area contributed by atoms with Gasteiger partial charge in [-0.1, -0.05) is 0 Å². The minimum Gasteiger partial charge on any atom is -0.480 e. The third-order valence-electron chi connectivity index (χ3n) is 2.86. The van der Waals surface area contributed by atoms with Crippen LogP contribution in [0.5, 0.6) is 0 Å². The summed E-state index contributed by atoms with van der Waals surface area (Å²) < 4.78 is 1.06. The Morgan fingerprint density at radius 3 is 2.77 bits per heavy atom. The van der Waals surface area contributed by atoms with Crippen molar-refractivity contribution in [1.29, 1.82) is 0 Å². The predicted octanol–water partition coefficient (Wildman–Crippen LogP) is -2.31. The Hall–Kier alpha value is -2.79. The van der Waals surface area contributed by atoms with Crippen molar-refractivity contribution in [2.45, 2.75) is 0 Å². The molecule has 11 heteroatoms. The number of carboxylic acids is 1. The van der Waals surface area contributed by atoms with Crippen LogP contribution in [0.25, 0.3) is 11.2 Å². The standard InChI is InChI=1S/C11H15N7O4/c12-1-2-17(4-7(20)21)3-6(19)18-5-14-8-9(18)15-11(13)16-10(8)22/h5H,1-4,12H2,(H,20,21)(H3,13,15,16,22). The van der Waals surface area contributed by atoms with Crippen LogP contribution in [-0.4, -0.2) is 67.6 Å². The number of carbonyl (C=O) groups is 2. The summed E-state index contributed by atoms with van der Waals surface area (Å²) in [5.41, 5.74) is 10.3. The lowest BCUT2D eigenvalue weighted by molar-refractivity contribution is -0.138. The van der Waals surface area contributed by atoms with Crippen molar-refractivity contribution >= 4 is 29.0 Å². The molecule has 0 bridgehead atoms. The normalized spacial score (nSPS) is 11.2. The zero-order chi connectivity index (χ0) is 16.3. The van der Waals surface area contributed by atoms with E-state index in [1.54, 1.807) is 0 Å². The monoisotopic (exact) mass is 309 g/mol. The van der Waals surface area contributed by atoms with Gasteiger partial charge in [0.2, 0.25) is 11.9 Å². The maximum Gasteiger partial charge on any atom is 0.317 e. The number of carboxylic acid groups (broad SMARTS) is 1. The van der Waals surface area contributed by atoms with Gasteiger partial charge in [0.25, 0.3) is 5.56 Å². The second-order valence-corrected chi connectivity index (χ2v) is 4.52. The van der Waals surface area contributed by atoms with Crippen molar-refractivity contribution in [1.82, 2.24) is 24.4 Å². The summed E-state index contributed by atoms with van der Waals surface area (Å²) in [6, 6.07) is 0. The van der Waals surface area contributed by atoms with Gasteiger partial charge < -0.3 is 16.6 Å². The van der Waals surface area contributed by atoms with Crippen molar-refractivity contribution in [3.05, 3.63) is 16.7 Å². The molecule has 0 aliphatic rings. The molecule has 0 aliphatic carbocycles. The number of aliphatic carboxylic acids is 1. The number of hydrogen-bond acceptors (Lipinski definition) is 8. The number of rotatable bonds is 6. The van der Waals surface area contributed by atoms with Crippen molar-refractivity contribution in [2.24, 2.45) is 5.73 Å². The average Bonchev–Trinajstić information content (AvgIpc) is 2.82. The molecule has 2 aromatic heterocycles. The van der Waals surface area contributed by atoms with E-state index in [1.807, 2.05) is 0 Å². The van der Waals surface area contributed by atoms with Gasteiger partial charge in [0.1, 0.15) is 6.33 Å². The number of nitrogens with zero attached hydrogens (tertiary/aromatic N) is 4. The molecule has 0 spiro atoms. The van der Waals surface area contributed by atoms with Crippen LogP contribution in [-0.2, 0) is 4.79 Å². The van der Waals surface area contributed by atoms with Crippen LogP contribution in [0.1, 0.15) is 4.79 Å². The maximum atomic E-state index is 12.3. The first kappa shape index (κ1) is 15.6. The molecule has 2 aromatic rings. The van der Waals surface area contributed by atoms with Crippen molar-refractivity contribution in [3.8, 4) is 0 Å². The number of imidazole rings is 1. The van der Waals surface area contributed by atoms with E-state index >= 15 is 0 Å². The smallest absolute Gasteiger partial charge is 0.317 e. The molecule has 0 radical (unpaired) electrons. The Labute approximate surface area is 123 Å². The third-order valence-corrected chi connectivity index (χ3v) is 2.86. The fourth-order valence-electron chi connectivity index (χ4n) is 1.96. The summed E-state index contributed by atoms with van der Waals surface area (Å²) in [5.74, 6) is -1.71. The number of carbonyl (C=O) groups excluding carboxylic acids is 1. The number of nitrogens with two attached hydrogens (primary N) is 2. The van der Waals surface area contributed by atoms with Crippen LogP contribution < -0.4 is 17.0 Å². The van der Waals surface area contributed by atoms with Crippen LogP contribution in [0.4, 0.5) is 5.95 Å². The topological polar surface area (TPSA) is 173 Å². The van der Waals surface area contributed by atoms with E-state index in [0.717, 1.165) is 10.9 Å². The number of aromatic amines is 1. The van der Waals surface area contributed by atoms with Crippen LogP contribution in [0, 0.1) is 0 Å². The van der Waals surface area contributed by atoms with E-state index in [4.69, 9.17) is 16.6 Å². The van der Waals surface area contributed by atoms with Crippen LogP contribution >= 0.6 is 0 Å². The number of nitrogen functional groups attached to an aromatic ring is 1. The van der Waals surface area contributed by atoms with Crippen LogP contribution in [0.15, 0.2) is 11.1 Å². The Bertz CT molecular complexity index is 765. The second kappa shape index (κ2) is 6.32. The number of hydrogen-bond donors (Lipinski definition) is 4. The van der Waals surface area contributed by atoms with Gasteiger partial charge in [0.15, 0.2) is 11.2 Å². The molecule has 6 N–H and O–H groups in total. The zero-order valence-corrected chi connectivity index (χ0v) is 11.5. The SMILES string of the molecule is NCCN(CC(=O)O)CC(=O)n1cnc2c(=O)[nH]c(N)nc21. The maximum absolute atomic E-state index is 12.3. The molecule has 0 atom stereocenters. The fourth-order valence-corrected chi connectivity index (χ4v) is 1.96. The zero-order valence-electron chi connectivity index (χ0n) is 11.5. The van der Waals surface area contributed by atoms with Crippen molar-refractivity contribution in [3.63, 3.8) is 0 Å². The van der Waals surface area contributed by atoms with E-state index in [-0.39, 0.29) is 43.3 Å². The average molecular weight is 309 g/mol. The van der Waals surface area contributed by atoms with E-state index < -0.39 is 17.4 Å². The number of anilines is 1. The molecule has 2 rings (SSSR count). The number of aromatic nitrogens is 4. The first-order chi connectivity index (χ1) is 10.4. The molecule has 0 fully saturated rings. The lowest BCUT2D eigenvalue weighted by Crippen LogP contribution is -2.39. The Morgan fingerprint density at radius 1 is 1.41 bits per heavy atom. The first-order valence-corrected chi connectivity index (χ1v) is 6.32. The minimum absolute atomic E-state index is 0.0221. The molecule has 0 saturated carbocycles. The summed E-state index contributed by atoms with van der Waals surface area (Å²) in [4.78, 5) is 46.0. The highest BCUT2D eigenvalue weighted by Gasteiger charge is 2.18. The predicted molar refractivity (Wildman–Crippen MR) is 76.3 cm³/mol. The van der Waals surface area contributed by atoms with Crippen molar-refractivity contribution in [2.75, 3.05) is 31.9 Å². The first-order valence-electron chi connectivity index (χ1n) is 6.32. The molecule has 2 heterocycles. The molecule has 11 nitrogen and oxygen atoms in total. The lowest BCUT2D eigenvalue weighted by atomic mass is 10.4. The molecule has 0 unspecified atom stereocenters. The van der Waals surface area contributed by atoms with Gasteiger partial charge >= 0.3 is 5.97 Å². The highest BCUT2D eigenvalue weighted by Crippen LogP contribution is 2.06. The highest BCUT2D eigenvalue weighted by molar-refractivity contribution is 5.89. The highest BCUT2D eigenvalue weighted by atomic mass is 16.4. The largest absolute Gasteiger partial charge is 0.480 e. The molecular formula is C11H15N7O4. The van der Waals surface area contributed by atoms with Crippen molar-refractivity contribution < 1.29 is 14.7 Å². The van der Waals surface area contributed by atoms with Gasteiger partial charge in [-0.2, -0.15) is 4.98 Å². The quantitative estimate of drug-likeness (QED) is 0.457. The van der Waals surface area contributed by atoms with E-state index in [9.17, 15) is 14.4 Å². The van der Waals surface area contributed by atoms with Crippen LogP contribution in [0.2, 0.25) is 0 Å². The van der Waals surface area contributed by atoms with Crippen LogP contribution in [0.3, 0.4) is 0 Å². The van der Waals surface area contributed by atoms with E-state index in [2.05, 4.69) is 15.0 Å². The van der Waals surface area contributed by atoms with Gasteiger partial charge in [-0.15, -0.1) is 0 Å². The van der Waals surface area contributed by atoms with Gasteiger partial charge in [-0.05, 0) is 0 Å². The lowest BCUT2D eigenvalue weighted by Gasteiger charge is -2.18. The number of H-pyrrole nitrogens is 1. The minimum atomic E-state index is -1.07. The summed E-state index contributed by atoms with van der Waals surface area (Å²) in [6.45, 7) is -0.0913. The molecule has 0 amide bonds.